The summed E-state index contributed by atoms with van der Waals surface area (Å²) in [5.74, 6) is 1.77. The first-order valence-electron chi connectivity index (χ1n) is 10.4. The number of amides is 2. The monoisotopic (exact) mass is 371 g/mol. The van der Waals surface area contributed by atoms with Gasteiger partial charge < -0.3 is 15.1 Å². The highest BCUT2D eigenvalue weighted by Crippen LogP contribution is 2.20. The van der Waals surface area contributed by atoms with Gasteiger partial charge in [0.1, 0.15) is 0 Å². The number of rotatable bonds is 7. The van der Waals surface area contributed by atoms with Gasteiger partial charge in [-0.2, -0.15) is 0 Å². The van der Waals surface area contributed by atoms with Crippen molar-refractivity contribution in [1.82, 2.24) is 15.1 Å². The first-order chi connectivity index (χ1) is 13.0. The van der Waals surface area contributed by atoms with Gasteiger partial charge in [0, 0.05) is 44.7 Å². The quantitative estimate of drug-likeness (QED) is 0.750. The van der Waals surface area contributed by atoms with Crippen LogP contribution in [-0.4, -0.2) is 54.3 Å². The van der Waals surface area contributed by atoms with Gasteiger partial charge in [0.2, 0.25) is 5.91 Å². The van der Waals surface area contributed by atoms with Gasteiger partial charge in [-0.25, -0.2) is 0 Å². The molecular weight excluding hydrogens is 338 g/mol. The lowest BCUT2D eigenvalue weighted by Crippen LogP contribution is -2.40. The summed E-state index contributed by atoms with van der Waals surface area (Å²) < 4.78 is 0. The van der Waals surface area contributed by atoms with E-state index in [0.29, 0.717) is 25.1 Å². The van der Waals surface area contributed by atoms with Crippen molar-refractivity contribution in [2.75, 3.05) is 32.7 Å². The topological polar surface area (TPSA) is 52.7 Å². The Hall–Kier alpha value is -1.88. The average Bonchev–Trinajstić information content (AvgIpc) is 3.03. The van der Waals surface area contributed by atoms with Gasteiger partial charge in [0.05, 0.1) is 0 Å². The molecule has 0 saturated carbocycles. The predicted molar refractivity (Wildman–Crippen MR) is 107 cm³/mol. The van der Waals surface area contributed by atoms with Crippen LogP contribution in [0.2, 0.25) is 0 Å². The van der Waals surface area contributed by atoms with E-state index in [2.05, 4.69) is 24.1 Å². The summed E-state index contributed by atoms with van der Waals surface area (Å²) in [5, 5.41) is 3.03. The zero-order valence-electron chi connectivity index (χ0n) is 16.7. The molecule has 2 fully saturated rings. The van der Waals surface area contributed by atoms with Gasteiger partial charge >= 0.3 is 0 Å². The number of benzene rings is 1. The number of carbonyl (C=O) groups excluding carboxylic acids is 2. The molecule has 2 saturated heterocycles. The lowest BCUT2D eigenvalue weighted by atomic mass is 9.92. The fourth-order valence-electron chi connectivity index (χ4n) is 4.43. The van der Waals surface area contributed by atoms with E-state index in [0.717, 1.165) is 43.3 Å². The summed E-state index contributed by atoms with van der Waals surface area (Å²) in [6.07, 6.45) is 3.93. The number of hydrogen-bond donors (Lipinski definition) is 1. The molecule has 1 N–H and O–H groups in total. The molecule has 0 radical (unpaired) electrons. The number of likely N-dealkylation sites (tertiary alicyclic amines) is 2. The maximum Gasteiger partial charge on any atom is 0.251 e. The number of carbonyl (C=O) groups is 2. The Labute approximate surface area is 163 Å². The third-order valence-corrected chi connectivity index (χ3v) is 5.64. The third kappa shape index (κ3) is 5.80. The third-order valence-electron chi connectivity index (χ3n) is 5.64. The van der Waals surface area contributed by atoms with Crippen LogP contribution in [0.25, 0.3) is 0 Å². The lowest BCUT2D eigenvalue weighted by molar-refractivity contribution is -0.128. The zero-order chi connectivity index (χ0) is 19.2. The summed E-state index contributed by atoms with van der Waals surface area (Å²) >= 11 is 0. The van der Waals surface area contributed by atoms with Gasteiger partial charge in [-0.05, 0) is 55.3 Å². The van der Waals surface area contributed by atoms with Crippen LogP contribution in [0.4, 0.5) is 0 Å². The number of nitrogens with one attached hydrogen (secondary N) is 1. The van der Waals surface area contributed by atoms with Crippen molar-refractivity contribution < 1.29 is 9.59 Å². The maximum atomic E-state index is 12.3. The smallest absolute Gasteiger partial charge is 0.251 e. The van der Waals surface area contributed by atoms with E-state index in [1.807, 2.05) is 29.2 Å². The standard InChI is InChI=1S/C22H33N3O2/c1-17-13-18(2)15-24(14-17)11-4-10-23-22(27)20-8-6-19(7-9-20)16-25-12-3-5-21(25)26/h6-9,17-18H,3-5,10-16H2,1-2H3,(H,23,27). The van der Waals surface area contributed by atoms with E-state index in [4.69, 9.17) is 0 Å². The lowest BCUT2D eigenvalue weighted by Gasteiger charge is -2.34. The molecule has 5 nitrogen and oxygen atoms in total. The second-order valence-corrected chi connectivity index (χ2v) is 8.43. The fourth-order valence-corrected chi connectivity index (χ4v) is 4.43. The van der Waals surface area contributed by atoms with Gasteiger partial charge in [0.15, 0.2) is 0 Å². The molecule has 2 amide bonds. The van der Waals surface area contributed by atoms with Crippen LogP contribution in [-0.2, 0) is 11.3 Å². The molecule has 2 unspecified atom stereocenters. The van der Waals surface area contributed by atoms with Crippen LogP contribution in [0.5, 0.6) is 0 Å². The molecule has 2 aliphatic heterocycles. The fraction of sp³-hybridized carbons (Fsp3) is 0.636. The highest BCUT2D eigenvalue weighted by molar-refractivity contribution is 5.94. The van der Waals surface area contributed by atoms with Crippen molar-refractivity contribution in [3.8, 4) is 0 Å². The summed E-state index contributed by atoms with van der Waals surface area (Å²) in [7, 11) is 0. The second kappa shape index (κ2) is 9.36. The zero-order valence-corrected chi connectivity index (χ0v) is 16.7. The first-order valence-corrected chi connectivity index (χ1v) is 10.4. The molecule has 0 bridgehead atoms. The van der Waals surface area contributed by atoms with Crippen LogP contribution in [0, 0.1) is 11.8 Å². The minimum atomic E-state index is -0.0146. The number of piperidine rings is 1. The molecule has 5 heteroatoms. The molecule has 27 heavy (non-hydrogen) atoms. The Morgan fingerprint density at radius 2 is 1.85 bits per heavy atom. The Morgan fingerprint density at radius 1 is 1.15 bits per heavy atom. The molecule has 2 heterocycles. The van der Waals surface area contributed by atoms with Crippen molar-refractivity contribution in [2.45, 2.75) is 46.1 Å². The van der Waals surface area contributed by atoms with E-state index < -0.39 is 0 Å². The molecule has 2 aliphatic rings. The molecule has 1 aromatic rings. The minimum Gasteiger partial charge on any atom is -0.352 e. The molecule has 1 aromatic carbocycles. The van der Waals surface area contributed by atoms with Crippen LogP contribution < -0.4 is 5.32 Å². The Balaban J connectivity index is 1.38. The molecule has 3 rings (SSSR count). The number of hydrogen-bond acceptors (Lipinski definition) is 3. The first kappa shape index (κ1) is 19.9. The SMILES string of the molecule is CC1CC(C)CN(CCCNC(=O)c2ccc(CN3CCCC3=O)cc2)C1. The molecular formula is C22H33N3O2. The van der Waals surface area contributed by atoms with Gasteiger partial charge in [-0.1, -0.05) is 26.0 Å². The molecule has 0 aliphatic carbocycles. The van der Waals surface area contributed by atoms with E-state index in [1.54, 1.807) is 0 Å². The molecule has 148 valence electrons. The Kier molecular flexibility index (Phi) is 6.89. The van der Waals surface area contributed by atoms with Crippen molar-refractivity contribution in [3.63, 3.8) is 0 Å². The average molecular weight is 372 g/mol. The van der Waals surface area contributed by atoms with E-state index in [1.165, 1.54) is 19.5 Å². The van der Waals surface area contributed by atoms with Crippen LogP contribution in [0.15, 0.2) is 24.3 Å². The van der Waals surface area contributed by atoms with E-state index in [-0.39, 0.29) is 11.8 Å². The summed E-state index contributed by atoms with van der Waals surface area (Å²) in [6, 6.07) is 7.63. The number of nitrogens with zero attached hydrogens (tertiary/aromatic N) is 2. The van der Waals surface area contributed by atoms with E-state index >= 15 is 0 Å². The van der Waals surface area contributed by atoms with Crippen molar-refractivity contribution in [1.29, 1.82) is 0 Å². The summed E-state index contributed by atoms with van der Waals surface area (Å²) in [5.41, 5.74) is 1.77. The van der Waals surface area contributed by atoms with Gasteiger partial charge in [0.25, 0.3) is 5.91 Å². The van der Waals surface area contributed by atoms with Gasteiger partial charge in [-0.15, -0.1) is 0 Å². The highest BCUT2D eigenvalue weighted by atomic mass is 16.2. The summed E-state index contributed by atoms with van der Waals surface area (Å²) in [6.45, 7) is 10.3. The van der Waals surface area contributed by atoms with Crippen LogP contribution >= 0.6 is 0 Å². The van der Waals surface area contributed by atoms with Crippen LogP contribution in [0.1, 0.15) is 55.5 Å². The minimum absolute atomic E-state index is 0.0146. The Morgan fingerprint density at radius 3 is 2.48 bits per heavy atom. The van der Waals surface area contributed by atoms with Crippen molar-refractivity contribution in [3.05, 3.63) is 35.4 Å². The molecule has 0 aromatic heterocycles. The second-order valence-electron chi connectivity index (χ2n) is 8.43. The Bertz CT molecular complexity index is 633. The van der Waals surface area contributed by atoms with E-state index in [9.17, 15) is 9.59 Å². The molecule has 2 atom stereocenters. The predicted octanol–water partition coefficient (Wildman–Crippen LogP) is 2.91. The molecule has 0 spiro atoms. The summed E-state index contributed by atoms with van der Waals surface area (Å²) in [4.78, 5) is 28.4. The van der Waals surface area contributed by atoms with Crippen molar-refractivity contribution in [2.24, 2.45) is 11.8 Å². The maximum absolute atomic E-state index is 12.3. The van der Waals surface area contributed by atoms with Gasteiger partial charge in [-0.3, -0.25) is 9.59 Å². The largest absolute Gasteiger partial charge is 0.352 e. The highest BCUT2D eigenvalue weighted by Gasteiger charge is 2.21. The van der Waals surface area contributed by atoms with Crippen molar-refractivity contribution >= 4 is 11.8 Å². The van der Waals surface area contributed by atoms with Crippen LogP contribution in [0.3, 0.4) is 0 Å². The normalized spacial score (nSPS) is 23.6.